The number of unbranched alkanes of at least 4 members (excludes halogenated alkanes) is 2. The van der Waals surface area contributed by atoms with E-state index >= 15 is 0 Å². The number of carbonyl (C=O) groups excluding carboxylic acids is 2. The maximum Gasteiger partial charge on any atom is 0.222 e. The summed E-state index contributed by atoms with van der Waals surface area (Å²) in [5.74, 6) is 6.62. The molecule has 128 valence electrons. The van der Waals surface area contributed by atoms with Crippen molar-refractivity contribution < 1.29 is 9.59 Å². The Morgan fingerprint density at radius 2 is 1.65 bits per heavy atom. The summed E-state index contributed by atoms with van der Waals surface area (Å²) < 4.78 is 0. The molecule has 0 atom stereocenters. The Kier molecular flexibility index (Phi) is 9.31. The van der Waals surface area contributed by atoms with Gasteiger partial charge in [-0.15, -0.1) is 5.92 Å². The number of hydrogen-bond donors (Lipinski definition) is 0. The van der Waals surface area contributed by atoms with Crippen LogP contribution >= 0.6 is 0 Å². The summed E-state index contributed by atoms with van der Waals surface area (Å²) in [6.45, 7) is 11.7. The molecule has 0 unspecified atom stereocenters. The fourth-order valence-electron chi connectivity index (χ4n) is 2.56. The van der Waals surface area contributed by atoms with Crippen molar-refractivity contribution in [3.63, 3.8) is 0 Å². The van der Waals surface area contributed by atoms with Gasteiger partial charge in [-0.25, -0.2) is 0 Å². The molecule has 1 heterocycles. The normalized spacial score (nSPS) is 15.0. The molecule has 0 aromatic rings. The van der Waals surface area contributed by atoms with Gasteiger partial charge in [-0.05, 0) is 25.3 Å². The predicted octanol–water partition coefficient (Wildman–Crippen LogP) is 2.64. The summed E-state index contributed by atoms with van der Waals surface area (Å²) in [5.41, 5.74) is 0.627. The number of piperazine rings is 1. The summed E-state index contributed by atoms with van der Waals surface area (Å²) in [6.07, 6.45) is 4.69. The van der Waals surface area contributed by atoms with Gasteiger partial charge in [0.05, 0.1) is 6.54 Å². The van der Waals surface area contributed by atoms with Crippen LogP contribution in [0.1, 0.15) is 52.4 Å². The highest BCUT2D eigenvalue weighted by atomic mass is 16.2. The zero-order valence-electron chi connectivity index (χ0n) is 14.7. The van der Waals surface area contributed by atoms with Gasteiger partial charge in [0.2, 0.25) is 5.91 Å². The highest BCUT2D eigenvalue weighted by molar-refractivity contribution is 5.93. The number of amides is 1. The standard InChI is InChI=1S/C19H30N2O2/c1-4-5-9-12-20-13-15-21(16-14-20)19(23)11-8-6-7-10-18(22)17(2)3/h2,4,6-8,10-16H2,1,3H3. The number of Topliss-reactive ketones (excluding diaryl/α,β-unsaturated/α-hetero) is 1. The Labute approximate surface area is 140 Å². The Morgan fingerprint density at radius 3 is 2.26 bits per heavy atom. The largest absolute Gasteiger partial charge is 0.340 e. The summed E-state index contributed by atoms with van der Waals surface area (Å²) in [5, 5.41) is 0. The Morgan fingerprint density at radius 1 is 1.00 bits per heavy atom. The molecular formula is C19H30N2O2. The molecule has 1 amide bonds. The first-order valence-corrected chi connectivity index (χ1v) is 8.69. The van der Waals surface area contributed by atoms with Crippen LogP contribution in [-0.2, 0) is 9.59 Å². The van der Waals surface area contributed by atoms with E-state index in [4.69, 9.17) is 0 Å². The first-order valence-electron chi connectivity index (χ1n) is 8.69. The number of ketones is 1. The average molecular weight is 318 g/mol. The van der Waals surface area contributed by atoms with Gasteiger partial charge in [-0.3, -0.25) is 14.5 Å². The fourth-order valence-corrected chi connectivity index (χ4v) is 2.56. The van der Waals surface area contributed by atoms with Crippen molar-refractivity contribution in [1.29, 1.82) is 0 Å². The Hall–Kier alpha value is -1.60. The molecule has 4 heteroatoms. The van der Waals surface area contributed by atoms with Gasteiger partial charge in [-0.1, -0.05) is 25.8 Å². The second-order valence-corrected chi connectivity index (χ2v) is 6.13. The fraction of sp³-hybridized carbons (Fsp3) is 0.684. The van der Waals surface area contributed by atoms with E-state index in [-0.39, 0.29) is 11.7 Å². The maximum atomic E-state index is 12.2. The molecule has 0 radical (unpaired) electrons. The van der Waals surface area contributed by atoms with Crippen molar-refractivity contribution in [3.8, 4) is 11.8 Å². The topological polar surface area (TPSA) is 40.6 Å². The smallest absolute Gasteiger partial charge is 0.222 e. The monoisotopic (exact) mass is 318 g/mol. The van der Waals surface area contributed by atoms with Crippen molar-refractivity contribution in [2.24, 2.45) is 0 Å². The van der Waals surface area contributed by atoms with E-state index in [1.54, 1.807) is 6.92 Å². The second-order valence-electron chi connectivity index (χ2n) is 6.13. The molecule has 0 spiro atoms. The molecule has 0 aromatic heterocycles. The average Bonchev–Trinajstić information content (AvgIpc) is 2.55. The molecule has 1 aliphatic heterocycles. The van der Waals surface area contributed by atoms with Crippen LogP contribution in [0.15, 0.2) is 12.2 Å². The van der Waals surface area contributed by atoms with E-state index in [1.165, 1.54) is 0 Å². The van der Waals surface area contributed by atoms with Gasteiger partial charge in [-0.2, -0.15) is 0 Å². The first-order chi connectivity index (χ1) is 11.0. The summed E-state index contributed by atoms with van der Waals surface area (Å²) in [6, 6.07) is 0. The summed E-state index contributed by atoms with van der Waals surface area (Å²) in [7, 11) is 0. The molecule has 0 N–H and O–H groups in total. The molecule has 0 saturated carbocycles. The van der Waals surface area contributed by atoms with Gasteiger partial charge in [0.15, 0.2) is 5.78 Å². The minimum atomic E-state index is 0.138. The third kappa shape index (κ3) is 7.99. The van der Waals surface area contributed by atoms with Crippen molar-refractivity contribution >= 4 is 11.7 Å². The van der Waals surface area contributed by atoms with Crippen LogP contribution in [0.3, 0.4) is 0 Å². The first kappa shape index (κ1) is 19.4. The number of rotatable bonds is 8. The van der Waals surface area contributed by atoms with Crippen molar-refractivity contribution in [3.05, 3.63) is 12.2 Å². The number of carbonyl (C=O) groups is 2. The van der Waals surface area contributed by atoms with Gasteiger partial charge >= 0.3 is 0 Å². The molecule has 0 aliphatic carbocycles. The SMILES string of the molecule is C=C(C)C(=O)CCCCCC(=O)N1CCN(CC#CCC)CC1. The molecule has 0 bridgehead atoms. The second kappa shape index (κ2) is 11.0. The van der Waals surface area contributed by atoms with E-state index in [0.29, 0.717) is 18.4 Å². The van der Waals surface area contributed by atoms with Crippen molar-refractivity contribution in [2.75, 3.05) is 32.7 Å². The van der Waals surface area contributed by atoms with Crippen molar-refractivity contribution in [1.82, 2.24) is 9.80 Å². The molecule has 23 heavy (non-hydrogen) atoms. The van der Waals surface area contributed by atoms with Gasteiger partial charge in [0.1, 0.15) is 0 Å². The van der Waals surface area contributed by atoms with E-state index in [9.17, 15) is 9.59 Å². The minimum Gasteiger partial charge on any atom is -0.340 e. The molecule has 0 aromatic carbocycles. The van der Waals surface area contributed by atoms with Crippen LogP contribution in [0.4, 0.5) is 0 Å². The van der Waals surface area contributed by atoms with Crippen LogP contribution in [-0.4, -0.2) is 54.2 Å². The molecule has 1 rings (SSSR count). The Balaban J connectivity index is 2.12. The lowest BCUT2D eigenvalue weighted by molar-refractivity contribution is -0.133. The highest BCUT2D eigenvalue weighted by Crippen LogP contribution is 2.10. The zero-order valence-corrected chi connectivity index (χ0v) is 14.7. The van der Waals surface area contributed by atoms with Gasteiger partial charge in [0.25, 0.3) is 0 Å². The lowest BCUT2D eigenvalue weighted by Gasteiger charge is -2.33. The number of hydrogen-bond acceptors (Lipinski definition) is 3. The predicted molar refractivity (Wildman–Crippen MR) is 94.0 cm³/mol. The lowest BCUT2D eigenvalue weighted by Crippen LogP contribution is -2.48. The van der Waals surface area contributed by atoms with Crippen molar-refractivity contribution in [2.45, 2.75) is 52.4 Å². The summed E-state index contributed by atoms with van der Waals surface area (Å²) >= 11 is 0. The molecular weight excluding hydrogens is 288 g/mol. The van der Waals surface area contributed by atoms with E-state index in [0.717, 1.165) is 58.4 Å². The summed E-state index contributed by atoms with van der Waals surface area (Å²) in [4.78, 5) is 27.9. The highest BCUT2D eigenvalue weighted by Gasteiger charge is 2.19. The van der Waals surface area contributed by atoms with E-state index in [2.05, 4.69) is 30.2 Å². The van der Waals surface area contributed by atoms with Gasteiger partial charge < -0.3 is 4.90 Å². The number of nitrogens with zero attached hydrogens (tertiary/aromatic N) is 2. The third-order valence-corrected chi connectivity index (χ3v) is 4.10. The van der Waals surface area contributed by atoms with E-state index in [1.807, 2.05) is 4.90 Å². The maximum absolute atomic E-state index is 12.2. The minimum absolute atomic E-state index is 0.138. The molecule has 1 saturated heterocycles. The van der Waals surface area contributed by atoms with Crippen LogP contribution in [0.2, 0.25) is 0 Å². The van der Waals surface area contributed by atoms with Crippen LogP contribution in [0.5, 0.6) is 0 Å². The quantitative estimate of drug-likeness (QED) is 0.392. The molecule has 1 fully saturated rings. The zero-order chi connectivity index (χ0) is 17.1. The van der Waals surface area contributed by atoms with Gasteiger partial charge in [0, 0.05) is 45.4 Å². The van der Waals surface area contributed by atoms with E-state index < -0.39 is 0 Å². The lowest BCUT2D eigenvalue weighted by atomic mass is 10.1. The number of allylic oxidation sites excluding steroid dienone is 1. The molecule has 4 nitrogen and oxygen atoms in total. The third-order valence-electron chi connectivity index (χ3n) is 4.10. The Bertz CT molecular complexity index is 465. The van der Waals surface area contributed by atoms with Crippen LogP contribution in [0.25, 0.3) is 0 Å². The molecule has 1 aliphatic rings. The van der Waals surface area contributed by atoms with Crippen LogP contribution < -0.4 is 0 Å². The van der Waals surface area contributed by atoms with Crippen LogP contribution in [0, 0.1) is 11.8 Å².